The zero-order valence-corrected chi connectivity index (χ0v) is 12.3. The summed E-state index contributed by atoms with van der Waals surface area (Å²) in [6.07, 6.45) is 0.459. The van der Waals surface area contributed by atoms with Gasteiger partial charge in [0.25, 0.3) is 0 Å². The molecule has 2 rings (SSSR count). The van der Waals surface area contributed by atoms with E-state index in [0.29, 0.717) is 12.2 Å². The van der Waals surface area contributed by atoms with E-state index in [4.69, 9.17) is 16.2 Å². The number of ether oxygens (including phenoxy) is 1. The first kappa shape index (κ1) is 14.7. The van der Waals surface area contributed by atoms with Crippen molar-refractivity contribution in [1.29, 1.82) is 0 Å². The lowest BCUT2D eigenvalue weighted by atomic mass is 10.0. The molecule has 1 aromatic rings. The molecule has 5 nitrogen and oxygen atoms in total. The number of carbonyl (C=O) groups is 1. The van der Waals surface area contributed by atoms with E-state index in [-0.39, 0.29) is 18.2 Å². The molecule has 0 spiro atoms. The summed E-state index contributed by atoms with van der Waals surface area (Å²) in [5.74, 6) is 0. The zero-order chi connectivity index (χ0) is 14.9. The van der Waals surface area contributed by atoms with Gasteiger partial charge in [0.2, 0.25) is 0 Å². The summed E-state index contributed by atoms with van der Waals surface area (Å²) in [5.41, 5.74) is 13.1. The quantitative estimate of drug-likeness (QED) is 0.772. The molecule has 0 saturated carbocycles. The average Bonchev–Trinajstić information content (AvgIpc) is 2.70. The van der Waals surface area contributed by atoms with Gasteiger partial charge in [0, 0.05) is 18.3 Å². The third-order valence-electron chi connectivity index (χ3n) is 3.35. The van der Waals surface area contributed by atoms with Gasteiger partial charge in [0.05, 0.1) is 6.04 Å². The van der Waals surface area contributed by atoms with E-state index in [2.05, 4.69) is 0 Å². The molecule has 4 N–H and O–H groups in total. The number of carbonyl (C=O) groups excluding carboxylic acids is 1. The Hall–Kier alpha value is -1.75. The summed E-state index contributed by atoms with van der Waals surface area (Å²) in [6.45, 7) is 6.20. The maximum Gasteiger partial charge on any atom is 0.410 e. The third kappa shape index (κ3) is 3.22. The first-order valence-corrected chi connectivity index (χ1v) is 6.88. The Morgan fingerprint density at radius 3 is 2.45 bits per heavy atom. The number of hydrogen-bond donors (Lipinski definition) is 2. The number of nitrogens with zero attached hydrogens (tertiary/aromatic N) is 1. The predicted molar refractivity (Wildman–Crippen MR) is 79.1 cm³/mol. The van der Waals surface area contributed by atoms with Crippen LogP contribution in [-0.4, -0.2) is 29.2 Å². The summed E-state index contributed by atoms with van der Waals surface area (Å²) >= 11 is 0. The van der Waals surface area contributed by atoms with Gasteiger partial charge >= 0.3 is 6.09 Å². The Bertz CT molecular complexity index is 479. The number of nitrogens with two attached hydrogens (primary N) is 2. The highest BCUT2D eigenvalue weighted by Crippen LogP contribution is 2.32. The van der Waals surface area contributed by atoms with Crippen LogP contribution in [0.5, 0.6) is 0 Å². The summed E-state index contributed by atoms with van der Waals surface area (Å²) in [7, 11) is 0. The number of rotatable bonds is 1. The summed E-state index contributed by atoms with van der Waals surface area (Å²) in [6, 6.07) is 7.27. The van der Waals surface area contributed by atoms with Crippen molar-refractivity contribution in [3.05, 3.63) is 29.8 Å². The molecule has 1 amide bonds. The molecular formula is C15H23N3O2. The van der Waals surface area contributed by atoms with Gasteiger partial charge in [-0.05, 0) is 44.9 Å². The number of likely N-dealkylation sites (tertiary alicyclic amines) is 1. The minimum Gasteiger partial charge on any atom is -0.444 e. The monoisotopic (exact) mass is 277 g/mol. The van der Waals surface area contributed by atoms with Crippen LogP contribution in [0.2, 0.25) is 0 Å². The normalized spacial score (nSPS) is 22.9. The van der Waals surface area contributed by atoms with E-state index < -0.39 is 5.60 Å². The van der Waals surface area contributed by atoms with Crippen molar-refractivity contribution in [3.8, 4) is 0 Å². The van der Waals surface area contributed by atoms with Crippen molar-refractivity contribution < 1.29 is 9.53 Å². The van der Waals surface area contributed by atoms with Crippen LogP contribution in [0.1, 0.15) is 38.8 Å². The van der Waals surface area contributed by atoms with Gasteiger partial charge in [0.1, 0.15) is 5.60 Å². The van der Waals surface area contributed by atoms with Crippen LogP contribution < -0.4 is 11.5 Å². The zero-order valence-electron chi connectivity index (χ0n) is 12.3. The largest absolute Gasteiger partial charge is 0.444 e. The number of benzene rings is 1. The summed E-state index contributed by atoms with van der Waals surface area (Å²) < 4.78 is 5.45. The van der Waals surface area contributed by atoms with E-state index in [1.165, 1.54) is 0 Å². The summed E-state index contributed by atoms with van der Waals surface area (Å²) in [5, 5.41) is 0. The maximum atomic E-state index is 12.3. The maximum absolute atomic E-state index is 12.3. The van der Waals surface area contributed by atoms with Crippen LogP contribution in [0.4, 0.5) is 10.5 Å². The van der Waals surface area contributed by atoms with E-state index in [1.54, 1.807) is 4.90 Å². The fourth-order valence-electron chi connectivity index (χ4n) is 2.46. The van der Waals surface area contributed by atoms with Crippen LogP contribution in [0, 0.1) is 0 Å². The van der Waals surface area contributed by atoms with Gasteiger partial charge in [0.15, 0.2) is 0 Å². The second kappa shape index (κ2) is 5.32. The van der Waals surface area contributed by atoms with Gasteiger partial charge in [-0.2, -0.15) is 0 Å². The molecule has 110 valence electrons. The molecule has 2 atom stereocenters. The molecular weight excluding hydrogens is 254 g/mol. The van der Waals surface area contributed by atoms with E-state index in [0.717, 1.165) is 12.0 Å². The number of hydrogen-bond acceptors (Lipinski definition) is 4. The fourth-order valence-corrected chi connectivity index (χ4v) is 2.46. The Morgan fingerprint density at radius 1 is 1.30 bits per heavy atom. The van der Waals surface area contributed by atoms with Gasteiger partial charge < -0.3 is 16.2 Å². The molecule has 1 aliphatic rings. The van der Waals surface area contributed by atoms with E-state index in [1.807, 2.05) is 45.0 Å². The number of nitrogen functional groups attached to an aromatic ring is 1. The molecule has 20 heavy (non-hydrogen) atoms. The van der Waals surface area contributed by atoms with Crippen molar-refractivity contribution >= 4 is 11.8 Å². The molecule has 0 aromatic heterocycles. The van der Waals surface area contributed by atoms with Gasteiger partial charge in [-0.15, -0.1) is 0 Å². The highest BCUT2D eigenvalue weighted by Gasteiger charge is 2.38. The molecule has 1 saturated heterocycles. The lowest BCUT2D eigenvalue weighted by Crippen LogP contribution is -2.39. The second-order valence-electron chi connectivity index (χ2n) is 6.24. The van der Waals surface area contributed by atoms with E-state index in [9.17, 15) is 4.79 Å². The van der Waals surface area contributed by atoms with Crippen LogP contribution >= 0.6 is 0 Å². The topological polar surface area (TPSA) is 81.6 Å². The molecule has 5 heteroatoms. The molecule has 0 radical (unpaired) electrons. The van der Waals surface area contributed by atoms with Crippen molar-refractivity contribution in [3.63, 3.8) is 0 Å². The van der Waals surface area contributed by atoms with Gasteiger partial charge in [-0.25, -0.2) is 4.79 Å². The molecule has 1 heterocycles. The fraction of sp³-hybridized carbons (Fsp3) is 0.533. The van der Waals surface area contributed by atoms with Crippen LogP contribution in [0.25, 0.3) is 0 Å². The van der Waals surface area contributed by atoms with Crippen molar-refractivity contribution in [2.45, 2.75) is 44.9 Å². The first-order valence-electron chi connectivity index (χ1n) is 6.88. The minimum atomic E-state index is -0.505. The number of anilines is 1. The molecule has 1 aliphatic heterocycles. The molecule has 0 bridgehead atoms. The standard InChI is InChI=1S/C15H23N3O2/c1-15(2,3)20-14(19)18-9-8-12(17)13(18)10-4-6-11(16)7-5-10/h4-7,12-13H,8-9,16-17H2,1-3H3/t12-,13+/m0/s1. The van der Waals surface area contributed by atoms with Crippen molar-refractivity contribution in [2.75, 3.05) is 12.3 Å². The third-order valence-corrected chi connectivity index (χ3v) is 3.35. The van der Waals surface area contributed by atoms with Gasteiger partial charge in [-0.1, -0.05) is 12.1 Å². The Labute approximate surface area is 119 Å². The molecule has 1 fully saturated rings. The van der Waals surface area contributed by atoms with Crippen LogP contribution in [0.3, 0.4) is 0 Å². The van der Waals surface area contributed by atoms with Gasteiger partial charge in [-0.3, -0.25) is 4.90 Å². The molecule has 0 unspecified atom stereocenters. The molecule has 1 aromatic carbocycles. The highest BCUT2D eigenvalue weighted by molar-refractivity contribution is 5.69. The lowest BCUT2D eigenvalue weighted by molar-refractivity contribution is 0.0218. The number of amides is 1. The second-order valence-corrected chi connectivity index (χ2v) is 6.24. The lowest BCUT2D eigenvalue weighted by Gasteiger charge is -2.30. The van der Waals surface area contributed by atoms with Crippen LogP contribution in [0.15, 0.2) is 24.3 Å². The Kier molecular flexibility index (Phi) is 3.90. The molecule has 0 aliphatic carbocycles. The smallest absolute Gasteiger partial charge is 0.410 e. The SMILES string of the molecule is CC(C)(C)OC(=O)N1CC[C@H](N)[C@H]1c1ccc(N)cc1. The van der Waals surface area contributed by atoms with Crippen molar-refractivity contribution in [2.24, 2.45) is 5.73 Å². The minimum absolute atomic E-state index is 0.0776. The average molecular weight is 277 g/mol. The Morgan fingerprint density at radius 2 is 1.90 bits per heavy atom. The van der Waals surface area contributed by atoms with E-state index >= 15 is 0 Å². The predicted octanol–water partition coefficient (Wildman–Crippen LogP) is 2.28. The highest BCUT2D eigenvalue weighted by atomic mass is 16.6. The first-order chi connectivity index (χ1) is 9.28. The Balaban J connectivity index is 2.20. The van der Waals surface area contributed by atoms with Crippen LogP contribution in [-0.2, 0) is 4.74 Å². The summed E-state index contributed by atoms with van der Waals surface area (Å²) in [4.78, 5) is 14.0. The van der Waals surface area contributed by atoms with Crippen molar-refractivity contribution in [1.82, 2.24) is 4.90 Å².